The average molecular weight is 273 g/mol. The Morgan fingerprint density at radius 1 is 1.25 bits per heavy atom. The van der Waals surface area contributed by atoms with Crippen molar-refractivity contribution < 1.29 is 9.53 Å². The minimum Gasteiger partial charge on any atom is -0.492 e. The Labute approximate surface area is 116 Å². The molecule has 0 unspecified atom stereocenters. The molecule has 0 radical (unpaired) electrons. The van der Waals surface area contributed by atoms with Crippen molar-refractivity contribution in [1.29, 1.82) is 0 Å². The van der Waals surface area contributed by atoms with Crippen LogP contribution in [-0.2, 0) is 7.05 Å². The van der Waals surface area contributed by atoms with Gasteiger partial charge in [0.15, 0.2) is 0 Å². The van der Waals surface area contributed by atoms with Crippen LogP contribution < -0.4 is 15.6 Å². The lowest BCUT2D eigenvalue weighted by molar-refractivity contribution is 0.0939. The van der Waals surface area contributed by atoms with Crippen molar-refractivity contribution in [3.63, 3.8) is 0 Å². The lowest BCUT2D eigenvalue weighted by Crippen LogP contribution is -2.31. The van der Waals surface area contributed by atoms with Crippen LogP contribution in [0, 0.1) is 0 Å². The van der Waals surface area contributed by atoms with Gasteiger partial charge >= 0.3 is 0 Å². The molecule has 1 N–H and O–H groups in total. The van der Waals surface area contributed by atoms with Crippen molar-refractivity contribution in [2.75, 3.05) is 13.2 Å². The second-order valence-corrected chi connectivity index (χ2v) is 4.10. The summed E-state index contributed by atoms with van der Waals surface area (Å²) in [6.07, 6.45) is 0. The van der Waals surface area contributed by atoms with Gasteiger partial charge in [-0.3, -0.25) is 9.59 Å². The maximum atomic E-state index is 11.8. The van der Waals surface area contributed by atoms with Crippen LogP contribution in [0.15, 0.2) is 47.3 Å². The van der Waals surface area contributed by atoms with E-state index in [2.05, 4.69) is 10.4 Å². The second kappa shape index (κ2) is 6.51. The summed E-state index contributed by atoms with van der Waals surface area (Å²) in [4.78, 5) is 22.9. The smallest absolute Gasteiger partial charge is 0.271 e. The Balaban J connectivity index is 1.80. The highest BCUT2D eigenvalue weighted by molar-refractivity contribution is 5.91. The molecule has 2 rings (SSSR count). The highest BCUT2D eigenvalue weighted by Gasteiger charge is 2.07. The molecule has 20 heavy (non-hydrogen) atoms. The summed E-state index contributed by atoms with van der Waals surface area (Å²) in [5, 5.41) is 6.53. The fourth-order valence-corrected chi connectivity index (χ4v) is 1.56. The number of benzene rings is 1. The lowest BCUT2D eigenvalue weighted by atomic mass is 10.3. The Bertz CT molecular complexity index is 638. The summed E-state index contributed by atoms with van der Waals surface area (Å²) in [6, 6.07) is 12.1. The van der Waals surface area contributed by atoms with Crippen LogP contribution in [-0.4, -0.2) is 28.8 Å². The summed E-state index contributed by atoms with van der Waals surface area (Å²) in [5.41, 5.74) is -0.0548. The highest BCUT2D eigenvalue weighted by Crippen LogP contribution is 2.07. The van der Waals surface area contributed by atoms with E-state index >= 15 is 0 Å². The Morgan fingerprint density at radius 3 is 2.70 bits per heavy atom. The molecule has 0 aliphatic rings. The summed E-state index contributed by atoms with van der Waals surface area (Å²) in [5.74, 6) is 0.416. The molecule has 0 aliphatic carbocycles. The zero-order valence-electron chi connectivity index (χ0n) is 11.1. The molecule has 0 atom stereocenters. The topological polar surface area (TPSA) is 73.2 Å². The predicted molar refractivity (Wildman–Crippen MR) is 73.7 cm³/mol. The largest absolute Gasteiger partial charge is 0.492 e. The monoisotopic (exact) mass is 273 g/mol. The fraction of sp³-hybridized carbons (Fsp3) is 0.214. The van der Waals surface area contributed by atoms with Gasteiger partial charge in [-0.15, -0.1) is 0 Å². The standard InChI is InChI=1S/C14H15N3O3/c1-17-13(18)8-7-12(16-17)14(19)15-9-10-20-11-5-3-2-4-6-11/h2-8H,9-10H2,1H3,(H,15,19). The summed E-state index contributed by atoms with van der Waals surface area (Å²) in [7, 11) is 1.50. The predicted octanol–water partition coefficient (Wildman–Crippen LogP) is 0.589. The molecule has 1 heterocycles. The van der Waals surface area contributed by atoms with E-state index in [1.54, 1.807) is 0 Å². The maximum absolute atomic E-state index is 11.8. The Morgan fingerprint density at radius 2 is 2.00 bits per heavy atom. The van der Waals surface area contributed by atoms with E-state index in [-0.39, 0.29) is 17.2 Å². The number of aromatic nitrogens is 2. The number of rotatable bonds is 5. The van der Waals surface area contributed by atoms with Crippen LogP contribution in [0.25, 0.3) is 0 Å². The van der Waals surface area contributed by atoms with Crippen LogP contribution >= 0.6 is 0 Å². The first-order valence-corrected chi connectivity index (χ1v) is 6.17. The van der Waals surface area contributed by atoms with E-state index in [9.17, 15) is 9.59 Å². The number of hydrogen-bond donors (Lipinski definition) is 1. The number of hydrogen-bond acceptors (Lipinski definition) is 4. The number of ether oxygens (including phenoxy) is 1. The van der Waals surface area contributed by atoms with E-state index in [4.69, 9.17) is 4.74 Å². The minimum absolute atomic E-state index is 0.201. The first-order chi connectivity index (χ1) is 9.66. The van der Waals surface area contributed by atoms with E-state index < -0.39 is 0 Å². The van der Waals surface area contributed by atoms with Crippen LogP contribution in [0.4, 0.5) is 0 Å². The average Bonchev–Trinajstić information content (AvgIpc) is 2.47. The molecule has 0 spiro atoms. The zero-order valence-corrected chi connectivity index (χ0v) is 11.1. The zero-order chi connectivity index (χ0) is 14.4. The molecule has 0 saturated carbocycles. The van der Waals surface area contributed by atoms with E-state index in [1.165, 1.54) is 19.2 Å². The van der Waals surface area contributed by atoms with Gasteiger partial charge in [0, 0.05) is 13.1 Å². The number of para-hydroxylation sites is 1. The third-order valence-corrected chi connectivity index (χ3v) is 2.59. The van der Waals surface area contributed by atoms with E-state index in [1.807, 2.05) is 30.3 Å². The molecule has 0 fully saturated rings. The molecule has 1 amide bonds. The second-order valence-electron chi connectivity index (χ2n) is 4.10. The van der Waals surface area contributed by atoms with Crippen LogP contribution in [0.1, 0.15) is 10.5 Å². The summed E-state index contributed by atoms with van der Waals surface area (Å²) >= 11 is 0. The van der Waals surface area contributed by atoms with E-state index in [0.29, 0.717) is 13.2 Å². The lowest BCUT2D eigenvalue weighted by Gasteiger charge is -2.07. The quantitative estimate of drug-likeness (QED) is 0.809. The van der Waals surface area contributed by atoms with Crippen molar-refractivity contribution in [3.05, 3.63) is 58.5 Å². The minimum atomic E-state index is -0.336. The van der Waals surface area contributed by atoms with Gasteiger partial charge in [-0.1, -0.05) is 18.2 Å². The molecule has 6 nitrogen and oxygen atoms in total. The number of nitrogens with zero attached hydrogens (tertiary/aromatic N) is 2. The summed E-state index contributed by atoms with van der Waals surface area (Å²) < 4.78 is 6.57. The van der Waals surface area contributed by atoms with Gasteiger partial charge in [0.2, 0.25) is 0 Å². The van der Waals surface area contributed by atoms with Crippen molar-refractivity contribution in [1.82, 2.24) is 15.1 Å². The normalized spacial score (nSPS) is 10.1. The third kappa shape index (κ3) is 3.68. The van der Waals surface area contributed by atoms with Gasteiger partial charge in [0.25, 0.3) is 11.5 Å². The first-order valence-electron chi connectivity index (χ1n) is 6.17. The van der Waals surface area contributed by atoms with Crippen LogP contribution in [0.3, 0.4) is 0 Å². The number of aryl methyl sites for hydroxylation is 1. The molecular weight excluding hydrogens is 258 g/mol. The van der Waals surface area contributed by atoms with Gasteiger partial charge < -0.3 is 10.1 Å². The van der Waals surface area contributed by atoms with Gasteiger partial charge in [-0.05, 0) is 18.2 Å². The number of amides is 1. The van der Waals surface area contributed by atoms with Gasteiger partial charge in [-0.25, -0.2) is 4.68 Å². The first kappa shape index (κ1) is 13.8. The Kier molecular flexibility index (Phi) is 4.49. The molecule has 1 aromatic carbocycles. The molecule has 0 bridgehead atoms. The number of carbonyl (C=O) groups is 1. The van der Waals surface area contributed by atoms with Gasteiger partial charge in [0.1, 0.15) is 18.1 Å². The van der Waals surface area contributed by atoms with Crippen molar-refractivity contribution >= 4 is 5.91 Å². The molecule has 104 valence electrons. The van der Waals surface area contributed by atoms with Crippen molar-refractivity contribution in [3.8, 4) is 5.75 Å². The van der Waals surface area contributed by atoms with E-state index in [0.717, 1.165) is 10.4 Å². The van der Waals surface area contributed by atoms with Gasteiger partial charge in [0.05, 0.1) is 6.54 Å². The van der Waals surface area contributed by atoms with Gasteiger partial charge in [-0.2, -0.15) is 5.10 Å². The third-order valence-electron chi connectivity index (χ3n) is 2.59. The number of nitrogens with one attached hydrogen (secondary N) is 1. The number of carbonyl (C=O) groups excluding carboxylic acids is 1. The molecular formula is C14H15N3O3. The fourth-order valence-electron chi connectivity index (χ4n) is 1.56. The molecule has 2 aromatic rings. The molecule has 1 aromatic heterocycles. The molecule has 0 aliphatic heterocycles. The maximum Gasteiger partial charge on any atom is 0.271 e. The van der Waals surface area contributed by atoms with Crippen LogP contribution in [0.2, 0.25) is 0 Å². The Hall–Kier alpha value is -2.63. The van der Waals surface area contributed by atoms with Crippen LogP contribution in [0.5, 0.6) is 5.75 Å². The van der Waals surface area contributed by atoms with Crippen molar-refractivity contribution in [2.24, 2.45) is 7.05 Å². The SMILES string of the molecule is Cn1nc(C(=O)NCCOc2ccccc2)ccc1=O. The molecule has 6 heteroatoms. The molecule has 0 saturated heterocycles. The van der Waals surface area contributed by atoms with Crippen molar-refractivity contribution in [2.45, 2.75) is 0 Å². The summed E-state index contributed by atoms with van der Waals surface area (Å²) in [6.45, 7) is 0.722. The highest BCUT2D eigenvalue weighted by atomic mass is 16.5.